The van der Waals surface area contributed by atoms with Gasteiger partial charge in [0.1, 0.15) is 0 Å². The predicted molar refractivity (Wildman–Crippen MR) is 72.7 cm³/mol. The van der Waals surface area contributed by atoms with Crippen molar-refractivity contribution in [3.8, 4) is 0 Å². The Morgan fingerprint density at radius 1 is 1.28 bits per heavy atom. The molecule has 1 aliphatic heterocycles. The van der Waals surface area contributed by atoms with Gasteiger partial charge in [-0.25, -0.2) is 0 Å². The van der Waals surface area contributed by atoms with Crippen molar-refractivity contribution < 1.29 is 14.2 Å². The fourth-order valence-corrected chi connectivity index (χ4v) is 2.46. The van der Waals surface area contributed by atoms with Crippen LogP contribution in [0.15, 0.2) is 0 Å². The number of nitrogens with one attached hydrogen (secondary N) is 1. The highest BCUT2D eigenvalue weighted by atomic mass is 16.7. The highest BCUT2D eigenvalue weighted by Gasteiger charge is 2.21. The van der Waals surface area contributed by atoms with Crippen LogP contribution < -0.4 is 5.32 Å². The molecule has 1 aliphatic rings. The van der Waals surface area contributed by atoms with E-state index in [-0.39, 0.29) is 12.3 Å². The summed E-state index contributed by atoms with van der Waals surface area (Å²) in [5.74, 6) is 0. The van der Waals surface area contributed by atoms with E-state index in [4.69, 9.17) is 14.2 Å². The maximum atomic E-state index is 5.64. The van der Waals surface area contributed by atoms with Gasteiger partial charge < -0.3 is 19.5 Å². The Hall–Kier alpha value is -0.160. The molecule has 18 heavy (non-hydrogen) atoms. The van der Waals surface area contributed by atoms with Crippen LogP contribution in [0.3, 0.4) is 0 Å². The lowest BCUT2D eigenvalue weighted by atomic mass is 10.0. The summed E-state index contributed by atoms with van der Waals surface area (Å²) >= 11 is 0. The fraction of sp³-hybridized carbons (Fsp3) is 1.00. The van der Waals surface area contributed by atoms with Crippen LogP contribution in [0.5, 0.6) is 0 Å². The van der Waals surface area contributed by atoms with Gasteiger partial charge in [0.15, 0.2) is 6.29 Å². The van der Waals surface area contributed by atoms with E-state index in [9.17, 15) is 0 Å². The number of hydrogen-bond acceptors (Lipinski definition) is 4. The Bertz CT molecular complexity index is 189. The zero-order valence-electron chi connectivity index (χ0n) is 12.1. The van der Waals surface area contributed by atoms with Gasteiger partial charge in [0.25, 0.3) is 0 Å². The van der Waals surface area contributed by atoms with Gasteiger partial charge in [0.2, 0.25) is 0 Å². The zero-order valence-corrected chi connectivity index (χ0v) is 12.1. The smallest absolute Gasteiger partial charge is 0.172 e. The second-order valence-corrected chi connectivity index (χ2v) is 4.74. The Morgan fingerprint density at radius 3 is 2.50 bits per heavy atom. The molecule has 0 bridgehead atoms. The van der Waals surface area contributed by atoms with Crippen molar-refractivity contribution in [3.63, 3.8) is 0 Å². The first kappa shape index (κ1) is 15.9. The summed E-state index contributed by atoms with van der Waals surface area (Å²) in [5.41, 5.74) is 0. The third kappa shape index (κ3) is 5.65. The molecule has 1 heterocycles. The van der Waals surface area contributed by atoms with E-state index in [1.54, 1.807) is 0 Å². The van der Waals surface area contributed by atoms with Crippen LogP contribution in [-0.2, 0) is 14.2 Å². The van der Waals surface area contributed by atoms with Gasteiger partial charge in [-0.1, -0.05) is 0 Å². The number of ether oxygens (including phenoxy) is 3. The molecule has 4 heteroatoms. The van der Waals surface area contributed by atoms with E-state index in [0.29, 0.717) is 19.3 Å². The lowest BCUT2D eigenvalue weighted by Gasteiger charge is -2.26. The molecule has 2 unspecified atom stereocenters. The van der Waals surface area contributed by atoms with Crippen LogP contribution >= 0.6 is 0 Å². The number of rotatable bonds is 10. The second kappa shape index (κ2) is 9.73. The molecule has 1 saturated heterocycles. The molecule has 0 amide bonds. The van der Waals surface area contributed by atoms with E-state index >= 15 is 0 Å². The minimum Gasteiger partial charge on any atom is -0.378 e. The summed E-state index contributed by atoms with van der Waals surface area (Å²) in [6.07, 6.45) is 6.19. The largest absolute Gasteiger partial charge is 0.378 e. The van der Waals surface area contributed by atoms with Crippen LogP contribution in [-0.4, -0.2) is 45.3 Å². The van der Waals surface area contributed by atoms with E-state index in [0.717, 1.165) is 25.9 Å². The van der Waals surface area contributed by atoms with E-state index in [1.165, 1.54) is 12.8 Å². The molecule has 2 atom stereocenters. The molecule has 1 rings (SSSR count). The Morgan fingerprint density at radius 2 is 2.00 bits per heavy atom. The van der Waals surface area contributed by atoms with Gasteiger partial charge in [-0.2, -0.15) is 0 Å². The fourth-order valence-electron chi connectivity index (χ4n) is 2.46. The van der Waals surface area contributed by atoms with Crippen molar-refractivity contribution in [2.45, 2.75) is 64.4 Å². The molecule has 0 spiro atoms. The molecular formula is C14H29NO3. The van der Waals surface area contributed by atoms with Crippen LogP contribution in [0.25, 0.3) is 0 Å². The summed E-state index contributed by atoms with van der Waals surface area (Å²) in [6, 6.07) is 0.270. The molecule has 4 nitrogen and oxygen atoms in total. The topological polar surface area (TPSA) is 39.7 Å². The second-order valence-electron chi connectivity index (χ2n) is 4.74. The van der Waals surface area contributed by atoms with Gasteiger partial charge in [0, 0.05) is 19.8 Å². The maximum Gasteiger partial charge on any atom is 0.172 e. The third-order valence-corrected chi connectivity index (χ3v) is 3.43. The normalized spacial score (nSPS) is 21.7. The van der Waals surface area contributed by atoms with Crippen LogP contribution in [0.4, 0.5) is 0 Å². The summed E-state index contributed by atoms with van der Waals surface area (Å²) in [4.78, 5) is 0. The van der Waals surface area contributed by atoms with Crippen molar-refractivity contribution in [1.29, 1.82) is 0 Å². The molecule has 0 aromatic rings. The summed E-state index contributed by atoms with van der Waals surface area (Å²) in [5, 5.41) is 3.31. The minimum atomic E-state index is -0.130. The standard InChI is InChI=1S/C14H29NO3/c1-4-16-14(17-5-2)13(15-3)10-6-8-12-9-7-11-18-12/h12-15H,4-11H2,1-3H3. The highest BCUT2D eigenvalue weighted by molar-refractivity contribution is 4.72. The minimum absolute atomic E-state index is 0.130. The molecule has 1 N–H and O–H groups in total. The lowest BCUT2D eigenvalue weighted by Crippen LogP contribution is -2.41. The van der Waals surface area contributed by atoms with Crippen molar-refractivity contribution in [3.05, 3.63) is 0 Å². The molecule has 0 radical (unpaired) electrons. The van der Waals surface area contributed by atoms with Gasteiger partial charge >= 0.3 is 0 Å². The van der Waals surface area contributed by atoms with Crippen LogP contribution in [0.1, 0.15) is 46.0 Å². The van der Waals surface area contributed by atoms with Crippen LogP contribution in [0, 0.1) is 0 Å². The van der Waals surface area contributed by atoms with Crippen molar-refractivity contribution in [2.24, 2.45) is 0 Å². The Labute approximate surface area is 111 Å². The monoisotopic (exact) mass is 259 g/mol. The Balaban J connectivity index is 2.24. The predicted octanol–water partition coefficient (Wildman–Crippen LogP) is 2.32. The highest BCUT2D eigenvalue weighted by Crippen LogP contribution is 2.19. The molecule has 0 aromatic heterocycles. The average molecular weight is 259 g/mol. The average Bonchev–Trinajstić information content (AvgIpc) is 2.88. The van der Waals surface area contributed by atoms with Gasteiger partial charge in [-0.3, -0.25) is 0 Å². The number of hydrogen-bond donors (Lipinski definition) is 1. The third-order valence-electron chi connectivity index (χ3n) is 3.43. The van der Waals surface area contributed by atoms with Gasteiger partial charge in [-0.05, 0) is 53.0 Å². The Kier molecular flexibility index (Phi) is 8.59. The first-order chi connectivity index (χ1) is 8.81. The van der Waals surface area contributed by atoms with E-state index < -0.39 is 0 Å². The summed E-state index contributed by atoms with van der Waals surface area (Å²) in [6.45, 7) is 6.33. The summed E-state index contributed by atoms with van der Waals surface area (Å²) < 4.78 is 16.9. The maximum absolute atomic E-state index is 5.64. The van der Waals surface area contributed by atoms with Crippen molar-refractivity contribution in [1.82, 2.24) is 5.32 Å². The molecule has 108 valence electrons. The molecule has 1 fully saturated rings. The number of likely N-dealkylation sites (N-methyl/N-ethyl adjacent to an activating group) is 1. The SMILES string of the molecule is CCOC(OCC)C(CCCC1CCCO1)NC. The quantitative estimate of drug-likeness (QED) is 0.611. The van der Waals surface area contributed by atoms with E-state index in [1.807, 2.05) is 20.9 Å². The van der Waals surface area contributed by atoms with Crippen molar-refractivity contribution in [2.75, 3.05) is 26.9 Å². The zero-order chi connectivity index (χ0) is 13.2. The van der Waals surface area contributed by atoms with Gasteiger partial charge in [-0.15, -0.1) is 0 Å². The van der Waals surface area contributed by atoms with Crippen LogP contribution in [0.2, 0.25) is 0 Å². The first-order valence-electron chi connectivity index (χ1n) is 7.33. The van der Waals surface area contributed by atoms with Crippen molar-refractivity contribution >= 4 is 0 Å². The molecule has 0 saturated carbocycles. The van der Waals surface area contributed by atoms with E-state index in [2.05, 4.69) is 5.32 Å². The molecular weight excluding hydrogens is 230 g/mol. The summed E-state index contributed by atoms with van der Waals surface area (Å²) in [7, 11) is 1.97. The molecule has 0 aromatic carbocycles. The van der Waals surface area contributed by atoms with Gasteiger partial charge in [0.05, 0.1) is 12.1 Å². The first-order valence-corrected chi connectivity index (χ1v) is 7.33. The lowest BCUT2D eigenvalue weighted by molar-refractivity contribution is -0.154. The molecule has 0 aliphatic carbocycles.